The van der Waals surface area contributed by atoms with Crippen molar-refractivity contribution in [1.29, 1.82) is 0 Å². The molecule has 3 N–H and O–H groups in total. The standard InChI is InChI=1S/C21H21FN6O/c1-26-8-10-27(11-9-26)13-6-7-15-16(12-13)25-20(24-15)18-19(22)14-4-2-3-5-17(14)28(23)21(18)29/h2-7,12H,8-11,23H2,1H3,(H,24,25). The summed E-state index contributed by atoms with van der Waals surface area (Å²) in [6.45, 7) is 3.90. The third kappa shape index (κ3) is 2.84. The average Bonchev–Trinajstić information content (AvgIpc) is 3.15. The number of pyridine rings is 1. The molecule has 2 aromatic carbocycles. The number of hydrogen-bond acceptors (Lipinski definition) is 5. The number of halogens is 1. The largest absolute Gasteiger partial charge is 0.369 e. The normalized spacial score (nSPS) is 15.4. The summed E-state index contributed by atoms with van der Waals surface area (Å²) in [5.74, 6) is 5.50. The van der Waals surface area contributed by atoms with Crippen molar-refractivity contribution in [2.75, 3.05) is 44.0 Å². The Hall–Kier alpha value is -3.39. The van der Waals surface area contributed by atoms with Crippen LogP contribution in [0, 0.1) is 5.82 Å². The summed E-state index contributed by atoms with van der Waals surface area (Å²) in [6, 6.07) is 12.5. The Morgan fingerprint density at radius 3 is 2.66 bits per heavy atom. The maximum absolute atomic E-state index is 15.2. The summed E-state index contributed by atoms with van der Waals surface area (Å²) in [6.07, 6.45) is 0. The van der Waals surface area contributed by atoms with Crippen LogP contribution in [0.25, 0.3) is 33.3 Å². The molecular formula is C21H21FN6O. The van der Waals surface area contributed by atoms with Crippen molar-refractivity contribution < 1.29 is 4.39 Å². The number of aromatic amines is 1. The molecule has 0 radical (unpaired) electrons. The van der Waals surface area contributed by atoms with E-state index in [1.165, 1.54) is 0 Å². The van der Waals surface area contributed by atoms with Crippen molar-refractivity contribution in [1.82, 2.24) is 19.5 Å². The number of imidazole rings is 1. The lowest BCUT2D eigenvalue weighted by Crippen LogP contribution is -2.44. The van der Waals surface area contributed by atoms with Gasteiger partial charge in [0.1, 0.15) is 17.2 Å². The van der Waals surface area contributed by atoms with E-state index in [0.29, 0.717) is 11.0 Å². The fraction of sp³-hybridized carbons (Fsp3) is 0.238. The number of hydrogen-bond donors (Lipinski definition) is 2. The number of benzene rings is 2. The predicted molar refractivity (Wildman–Crippen MR) is 113 cm³/mol. The van der Waals surface area contributed by atoms with Crippen molar-refractivity contribution in [2.24, 2.45) is 0 Å². The molecule has 0 atom stereocenters. The minimum absolute atomic E-state index is 0.149. The van der Waals surface area contributed by atoms with Gasteiger partial charge in [0.15, 0.2) is 0 Å². The van der Waals surface area contributed by atoms with Gasteiger partial charge in [-0.15, -0.1) is 0 Å². The van der Waals surface area contributed by atoms with Gasteiger partial charge >= 0.3 is 0 Å². The second-order valence-electron chi connectivity index (χ2n) is 7.46. The number of likely N-dealkylation sites (N-methyl/N-ethyl adjacent to an activating group) is 1. The molecule has 29 heavy (non-hydrogen) atoms. The number of nitrogens with zero attached hydrogens (tertiary/aromatic N) is 4. The van der Waals surface area contributed by atoms with Crippen LogP contribution >= 0.6 is 0 Å². The molecule has 0 saturated carbocycles. The van der Waals surface area contributed by atoms with E-state index in [1.807, 2.05) is 18.2 Å². The molecule has 5 rings (SSSR count). The molecule has 1 saturated heterocycles. The van der Waals surface area contributed by atoms with Gasteiger partial charge < -0.3 is 20.6 Å². The quantitative estimate of drug-likeness (QED) is 0.511. The first kappa shape index (κ1) is 17.7. The Morgan fingerprint density at radius 2 is 1.86 bits per heavy atom. The van der Waals surface area contributed by atoms with E-state index < -0.39 is 11.4 Å². The number of anilines is 1. The van der Waals surface area contributed by atoms with Crippen LogP contribution in [0.5, 0.6) is 0 Å². The van der Waals surface area contributed by atoms with Gasteiger partial charge in [0.05, 0.1) is 16.6 Å². The van der Waals surface area contributed by atoms with Crippen LogP contribution in [0.1, 0.15) is 0 Å². The highest BCUT2D eigenvalue weighted by atomic mass is 19.1. The number of para-hydroxylation sites is 1. The molecule has 0 bridgehead atoms. The van der Waals surface area contributed by atoms with Crippen LogP contribution < -0.4 is 16.3 Å². The van der Waals surface area contributed by atoms with Crippen LogP contribution in [-0.4, -0.2) is 52.8 Å². The first-order valence-corrected chi connectivity index (χ1v) is 9.55. The number of aromatic nitrogens is 3. The molecule has 4 aromatic rings. The molecule has 0 unspecified atom stereocenters. The summed E-state index contributed by atoms with van der Waals surface area (Å²) in [7, 11) is 2.12. The lowest BCUT2D eigenvalue weighted by atomic mass is 10.1. The van der Waals surface area contributed by atoms with Crippen LogP contribution in [0.2, 0.25) is 0 Å². The fourth-order valence-corrected chi connectivity index (χ4v) is 3.91. The zero-order chi connectivity index (χ0) is 20.1. The molecule has 3 heterocycles. The fourth-order valence-electron chi connectivity index (χ4n) is 3.91. The molecular weight excluding hydrogens is 371 g/mol. The molecule has 1 aliphatic rings. The summed E-state index contributed by atoms with van der Waals surface area (Å²) < 4.78 is 16.2. The molecule has 0 spiro atoms. The smallest absolute Gasteiger partial charge is 0.283 e. The third-order valence-corrected chi connectivity index (χ3v) is 5.62. The van der Waals surface area contributed by atoms with E-state index in [0.717, 1.165) is 42.1 Å². The van der Waals surface area contributed by atoms with Crippen molar-refractivity contribution in [3.63, 3.8) is 0 Å². The van der Waals surface area contributed by atoms with Gasteiger partial charge in [0.2, 0.25) is 0 Å². The van der Waals surface area contributed by atoms with Gasteiger partial charge in [-0.25, -0.2) is 14.1 Å². The van der Waals surface area contributed by atoms with Crippen molar-refractivity contribution in [3.05, 3.63) is 58.6 Å². The van der Waals surface area contributed by atoms with Crippen LogP contribution in [-0.2, 0) is 0 Å². The molecule has 1 aliphatic heterocycles. The Labute approximate surface area is 166 Å². The predicted octanol–water partition coefficient (Wildman–Crippen LogP) is 2.15. The Morgan fingerprint density at radius 1 is 1.10 bits per heavy atom. The number of H-pyrrole nitrogens is 1. The van der Waals surface area contributed by atoms with Gasteiger partial charge in [-0.1, -0.05) is 12.1 Å². The molecule has 0 aliphatic carbocycles. The van der Waals surface area contributed by atoms with Crippen LogP contribution in [0.4, 0.5) is 10.1 Å². The molecule has 7 nitrogen and oxygen atoms in total. The van der Waals surface area contributed by atoms with E-state index in [4.69, 9.17) is 5.84 Å². The van der Waals surface area contributed by atoms with E-state index in [1.54, 1.807) is 24.3 Å². The molecule has 2 aromatic heterocycles. The minimum atomic E-state index is -0.625. The lowest BCUT2D eigenvalue weighted by molar-refractivity contribution is 0.313. The minimum Gasteiger partial charge on any atom is -0.369 e. The van der Waals surface area contributed by atoms with Gasteiger partial charge in [0.25, 0.3) is 5.56 Å². The summed E-state index contributed by atoms with van der Waals surface area (Å²) in [5, 5.41) is 0.281. The first-order chi connectivity index (χ1) is 14.0. The summed E-state index contributed by atoms with van der Waals surface area (Å²) in [5.41, 5.74) is 2.08. The highest BCUT2D eigenvalue weighted by molar-refractivity contribution is 5.87. The maximum atomic E-state index is 15.2. The number of rotatable bonds is 2. The number of nitrogens with one attached hydrogen (secondary N) is 1. The van der Waals surface area contributed by atoms with E-state index in [9.17, 15) is 4.79 Å². The van der Waals surface area contributed by atoms with E-state index >= 15 is 4.39 Å². The zero-order valence-corrected chi connectivity index (χ0v) is 16.0. The average molecular weight is 392 g/mol. The monoisotopic (exact) mass is 392 g/mol. The second kappa shape index (κ2) is 6.59. The summed E-state index contributed by atoms with van der Waals surface area (Å²) >= 11 is 0. The Balaban J connectivity index is 1.62. The molecule has 1 fully saturated rings. The maximum Gasteiger partial charge on any atom is 0.283 e. The molecule has 148 valence electrons. The molecule has 8 heteroatoms. The van der Waals surface area contributed by atoms with Crippen molar-refractivity contribution in [3.8, 4) is 11.4 Å². The number of piperazine rings is 1. The van der Waals surface area contributed by atoms with E-state index in [2.05, 4.69) is 26.8 Å². The highest BCUT2D eigenvalue weighted by Gasteiger charge is 2.21. The molecule has 0 amide bonds. The van der Waals surface area contributed by atoms with Crippen molar-refractivity contribution in [2.45, 2.75) is 0 Å². The zero-order valence-electron chi connectivity index (χ0n) is 16.0. The van der Waals surface area contributed by atoms with Crippen LogP contribution in [0.15, 0.2) is 47.3 Å². The van der Waals surface area contributed by atoms with Gasteiger partial charge in [0, 0.05) is 37.3 Å². The highest BCUT2D eigenvalue weighted by Crippen LogP contribution is 2.27. The Bertz CT molecular complexity index is 1290. The Kier molecular flexibility index (Phi) is 4.02. The first-order valence-electron chi connectivity index (χ1n) is 9.55. The summed E-state index contributed by atoms with van der Waals surface area (Å²) in [4.78, 5) is 24.9. The second-order valence-corrected chi connectivity index (χ2v) is 7.46. The van der Waals surface area contributed by atoms with Gasteiger partial charge in [-0.05, 0) is 37.4 Å². The SMILES string of the molecule is CN1CCN(c2ccc3nc(-c4c(F)c5ccccc5n(N)c4=O)[nH]c3c2)CC1. The van der Waals surface area contributed by atoms with Gasteiger partial charge in [-0.2, -0.15) is 0 Å². The number of nitrogen functional groups attached to an aromatic ring is 1. The van der Waals surface area contributed by atoms with Crippen LogP contribution in [0.3, 0.4) is 0 Å². The van der Waals surface area contributed by atoms with Crippen molar-refractivity contribution >= 4 is 27.6 Å². The number of nitrogens with two attached hydrogens (primary N) is 1. The number of fused-ring (bicyclic) bond motifs is 2. The van der Waals surface area contributed by atoms with E-state index in [-0.39, 0.29) is 16.8 Å². The third-order valence-electron chi connectivity index (χ3n) is 5.62. The lowest BCUT2D eigenvalue weighted by Gasteiger charge is -2.34. The van der Waals surface area contributed by atoms with Gasteiger partial charge in [-0.3, -0.25) is 4.79 Å². The topological polar surface area (TPSA) is 83.2 Å².